The van der Waals surface area contributed by atoms with E-state index in [1.165, 1.54) is 5.56 Å². The maximum absolute atomic E-state index is 5.70. The lowest BCUT2D eigenvalue weighted by Gasteiger charge is -2.27. The van der Waals surface area contributed by atoms with Crippen LogP contribution in [0.3, 0.4) is 0 Å². The van der Waals surface area contributed by atoms with Crippen LogP contribution in [0.4, 0.5) is 5.82 Å². The molecule has 20 heavy (non-hydrogen) atoms. The molecular weight excluding hydrogens is 250 g/mol. The van der Waals surface area contributed by atoms with Crippen molar-refractivity contribution in [2.75, 3.05) is 11.9 Å². The number of nitrogens with zero attached hydrogens (tertiary/aromatic N) is 2. The van der Waals surface area contributed by atoms with Gasteiger partial charge in [-0.3, -0.25) is 4.40 Å². The topological polar surface area (TPSA) is 38.6 Å². The van der Waals surface area contributed by atoms with Gasteiger partial charge in [0.1, 0.15) is 17.2 Å². The molecule has 0 spiro atoms. The van der Waals surface area contributed by atoms with Gasteiger partial charge in [-0.2, -0.15) is 0 Å². The number of nitrogens with one attached hydrogen (secondary N) is 1. The van der Waals surface area contributed by atoms with Gasteiger partial charge in [0.25, 0.3) is 0 Å². The summed E-state index contributed by atoms with van der Waals surface area (Å²) < 4.78 is 7.77. The monoisotopic (exact) mass is 265 g/mol. The summed E-state index contributed by atoms with van der Waals surface area (Å²) in [5.41, 5.74) is 2.17. The highest BCUT2D eigenvalue weighted by molar-refractivity contribution is 5.52. The van der Waals surface area contributed by atoms with E-state index in [1.54, 1.807) is 0 Å². The summed E-state index contributed by atoms with van der Waals surface area (Å²) >= 11 is 0. The number of hydrogen-bond acceptors (Lipinski definition) is 3. The summed E-state index contributed by atoms with van der Waals surface area (Å²) in [7, 11) is 0. The Morgan fingerprint density at radius 2 is 2.10 bits per heavy atom. The zero-order valence-corrected chi connectivity index (χ0v) is 11.0. The number of aromatic nitrogens is 2. The maximum atomic E-state index is 5.70. The quantitative estimate of drug-likeness (QED) is 0.773. The smallest absolute Gasteiger partial charge is 0.138 e. The number of hydrogen-bond donors (Lipinski definition) is 1. The van der Waals surface area contributed by atoms with Crippen LogP contribution in [0.15, 0.2) is 54.9 Å². The first kappa shape index (κ1) is 11.3. The summed E-state index contributed by atoms with van der Waals surface area (Å²) in [5, 5.41) is 3.61. The van der Waals surface area contributed by atoms with E-state index >= 15 is 0 Å². The summed E-state index contributed by atoms with van der Waals surface area (Å²) in [6, 6.07) is 14.6. The Labute approximate surface area is 117 Å². The summed E-state index contributed by atoms with van der Waals surface area (Å²) in [6.45, 7) is 0.745. The average Bonchev–Trinajstić information content (AvgIpc) is 2.97. The lowest BCUT2D eigenvalue weighted by atomic mass is 10.0. The largest absolute Gasteiger partial charge is 0.493 e. The molecule has 4 heteroatoms. The van der Waals surface area contributed by atoms with Crippen molar-refractivity contribution in [2.24, 2.45) is 0 Å². The molecule has 4 rings (SSSR count). The second-order valence-electron chi connectivity index (χ2n) is 4.94. The molecule has 0 aliphatic carbocycles. The van der Waals surface area contributed by atoms with E-state index in [9.17, 15) is 0 Å². The molecule has 1 unspecified atom stereocenters. The number of imidazole rings is 1. The predicted octanol–water partition coefficient (Wildman–Crippen LogP) is 3.27. The van der Waals surface area contributed by atoms with E-state index in [2.05, 4.69) is 32.9 Å². The highest BCUT2D eigenvalue weighted by Crippen LogP contribution is 2.33. The van der Waals surface area contributed by atoms with Crippen molar-refractivity contribution in [3.63, 3.8) is 0 Å². The molecule has 3 aromatic rings. The molecule has 1 aliphatic heterocycles. The Morgan fingerprint density at radius 3 is 3.10 bits per heavy atom. The lowest BCUT2D eigenvalue weighted by Crippen LogP contribution is -2.21. The summed E-state index contributed by atoms with van der Waals surface area (Å²) in [5.74, 6) is 2.04. The van der Waals surface area contributed by atoms with Gasteiger partial charge in [0.2, 0.25) is 0 Å². The second kappa shape index (κ2) is 4.56. The molecule has 2 aromatic heterocycles. The van der Waals surface area contributed by atoms with Gasteiger partial charge in [0, 0.05) is 24.4 Å². The maximum Gasteiger partial charge on any atom is 0.138 e. The van der Waals surface area contributed by atoms with E-state index in [4.69, 9.17) is 4.74 Å². The van der Waals surface area contributed by atoms with Crippen LogP contribution < -0.4 is 10.1 Å². The highest BCUT2D eigenvalue weighted by Gasteiger charge is 2.21. The Balaban J connectivity index is 1.72. The molecule has 3 heterocycles. The van der Waals surface area contributed by atoms with Gasteiger partial charge in [-0.15, -0.1) is 0 Å². The van der Waals surface area contributed by atoms with Crippen molar-refractivity contribution >= 4 is 11.5 Å². The second-order valence-corrected chi connectivity index (χ2v) is 4.94. The molecule has 1 N–H and O–H groups in total. The van der Waals surface area contributed by atoms with E-state index in [1.807, 2.05) is 36.7 Å². The van der Waals surface area contributed by atoms with Gasteiger partial charge in [0.15, 0.2) is 0 Å². The van der Waals surface area contributed by atoms with Crippen LogP contribution in [0, 0.1) is 0 Å². The number of rotatable bonds is 2. The number of pyridine rings is 1. The molecule has 0 saturated heterocycles. The lowest BCUT2D eigenvalue weighted by molar-refractivity contribution is 0.274. The van der Waals surface area contributed by atoms with Gasteiger partial charge >= 0.3 is 0 Å². The fraction of sp³-hybridized carbons (Fsp3) is 0.188. The van der Waals surface area contributed by atoms with Gasteiger partial charge in [-0.25, -0.2) is 4.98 Å². The summed E-state index contributed by atoms with van der Waals surface area (Å²) in [4.78, 5) is 4.32. The molecule has 1 aliphatic rings. The third-order valence-electron chi connectivity index (χ3n) is 3.71. The Hall–Kier alpha value is -2.49. The van der Waals surface area contributed by atoms with Gasteiger partial charge in [-0.05, 0) is 18.2 Å². The molecule has 0 radical (unpaired) electrons. The molecule has 0 amide bonds. The predicted molar refractivity (Wildman–Crippen MR) is 78.1 cm³/mol. The van der Waals surface area contributed by atoms with Gasteiger partial charge in [0.05, 0.1) is 12.6 Å². The zero-order chi connectivity index (χ0) is 13.4. The fourth-order valence-electron chi connectivity index (χ4n) is 2.74. The first-order chi connectivity index (χ1) is 9.92. The van der Waals surface area contributed by atoms with Crippen LogP contribution in [0.2, 0.25) is 0 Å². The molecule has 100 valence electrons. The molecule has 1 aromatic carbocycles. The molecule has 4 nitrogen and oxygen atoms in total. The molecular formula is C16H15N3O. The third-order valence-corrected chi connectivity index (χ3v) is 3.71. The molecule has 0 bridgehead atoms. The minimum absolute atomic E-state index is 0.271. The van der Waals surface area contributed by atoms with Crippen LogP contribution in [-0.4, -0.2) is 16.0 Å². The number of fused-ring (bicyclic) bond motifs is 2. The number of benzene rings is 1. The Kier molecular flexibility index (Phi) is 2.59. The van der Waals surface area contributed by atoms with Crippen LogP contribution in [0.5, 0.6) is 5.75 Å². The fourth-order valence-corrected chi connectivity index (χ4v) is 2.74. The van der Waals surface area contributed by atoms with Crippen molar-refractivity contribution in [1.82, 2.24) is 9.38 Å². The van der Waals surface area contributed by atoms with Crippen LogP contribution in [0.25, 0.3) is 5.65 Å². The molecule has 0 saturated carbocycles. The van der Waals surface area contributed by atoms with Gasteiger partial charge in [-0.1, -0.05) is 24.3 Å². The van der Waals surface area contributed by atoms with E-state index in [0.29, 0.717) is 0 Å². The van der Waals surface area contributed by atoms with E-state index < -0.39 is 0 Å². The van der Waals surface area contributed by atoms with Crippen LogP contribution in [-0.2, 0) is 0 Å². The van der Waals surface area contributed by atoms with Crippen molar-refractivity contribution in [3.05, 3.63) is 60.4 Å². The average molecular weight is 265 g/mol. The standard InChI is InChI=1S/C16H15N3O/c1-2-5-14-12(4-1)13(8-11-20-14)18-16-7-3-6-15-17-9-10-19(15)16/h1-7,9-10,13,18H,8,11H2. The van der Waals surface area contributed by atoms with Crippen LogP contribution >= 0.6 is 0 Å². The molecule has 0 fully saturated rings. The number of para-hydroxylation sites is 1. The number of anilines is 1. The van der Waals surface area contributed by atoms with E-state index in [0.717, 1.165) is 30.2 Å². The highest BCUT2D eigenvalue weighted by atomic mass is 16.5. The minimum atomic E-state index is 0.271. The van der Waals surface area contributed by atoms with E-state index in [-0.39, 0.29) is 6.04 Å². The van der Waals surface area contributed by atoms with Crippen molar-refractivity contribution in [1.29, 1.82) is 0 Å². The Bertz CT molecular complexity index is 750. The van der Waals surface area contributed by atoms with Gasteiger partial charge < -0.3 is 10.1 Å². The van der Waals surface area contributed by atoms with Crippen molar-refractivity contribution in [3.8, 4) is 5.75 Å². The normalized spacial score (nSPS) is 17.5. The summed E-state index contributed by atoms with van der Waals surface area (Å²) in [6.07, 6.45) is 4.75. The van der Waals surface area contributed by atoms with Crippen molar-refractivity contribution < 1.29 is 4.74 Å². The van der Waals surface area contributed by atoms with Crippen LogP contribution in [0.1, 0.15) is 18.0 Å². The first-order valence-electron chi connectivity index (χ1n) is 6.82. The van der Waals surface area contributed by atoms with Crippen molar-refractivity contribution in [2.45, 2.75) is 12.5 Å². The third kappa shape index (κ3) is 1.81. The number of ether oxygens (including phenoxy) is 1. The zero-order valence-electron chi connectivity index (χ0n) is 11.0. The Morgan fingerprint density at radius 1 is 1.15 bits per heavy atom. The SMILES string of the molecule is c1ccc2c(c1)OCCC2Nc1cccc2nccn12. The minimum Gasteiger partial charge on any atom is -0.493 e. The molecule has 1 atom stereocenters. The first-order valence-corrected chi connectivity index (χ1v) is 6.82.